The van der Waals surface area contributed by atoms with Crippen molar-refractivity contribution in [3.63, 3.8) is 0 Å². The summed E-state index contributed by atoms with van der Waals surface area (Å²) < 4.78 is 7.21. The van der Waals surface area contributed by atoms with Gasteiger partial charge in [0.1, 0.15) is 5.75 Å². The Kier molecular flexibility index (Phi) is 6.67. The number of likely N-dealkylation sites (tertiary alicyclic amines) is 1. The molecule has 0 saturated carbocycles. The highest BCUT2D eigenvalue weighted by atomic mass is 35.5. The molecular formula is C23H25ClN4O2. The summed E-state index contributed by atoms with van der Waals surface area (Å²) in [5, 5.41) is 7.78. The van der Waals surface area contributed by atoms with Crippen molar-refractivity contribution >= 4 is 23.2 Å². The average Bonchev–Trinajstić information content (AvgIpc) is 3.24. The Bertz CT molecular complexity index is 981. The van der Waals surface area contributed by atoms with Crippen LogP contribution in [0.2, 0.25) is 5.02 Å². The second-order valence-electron chi connectivity index (χ2n) is 7.46. The van der Waals surface area contributed by atoms with Crippen molar-refractivity contribution < 1.29 is 9.53 Å². The number of aromatic nitrogens is 2. The van der Waals surface area contributed by atoms with Gasteiger partial charge in [-0.3, -0.25) is 9.69 Å². The number of piperidine rings is 1. The molecule has 0 radical (unpaired) electrons. The highest BCUT2D eigenvalue weighted by Gasteiger charge is 2.12. The number of anilines is 1. The van der Waals surface area contributed by atoms with Crippen molar-refractivity contribution in [3.05, 3.63) is 77.1 Å². The molecule has 2 heterocycles. The lowest BCUT2D eigenvalue weighted by atomic mass is 10.1. The predicted octanol–water partition coefficient (Wildman–Crippen LogP) is 4.81. The third kappa shape index (κ3) is 5.62. The van der Waals surface area contributed by atoms with E-state index >= 15 is 0 Å². The molecule has 156 valence electrons. The summed E-state index contributed by atoms with van der Waals surface area (Å²) in [5.41, 5.74) is 2.35. The van der Waals surface area contributed by atoms with Crippen molar-refractivity contribution in [2.24, 2.45) is 0 Å². The van der Waals surface area contributed by atoms with E-state index in [2.05, 4.69) is 27.4 Å². The van der Waals surface area contributed by atoms with Crippen LogP contribution >= 0.6 is 11.6 Å². The van der Waals surface area contributed by atoms with E-state index in [-0.39, 0.29) is 12.6 Å². The van der Waals surface area contributed by atoms with Gasteiger partial charge in [-0.1, -0.05) is 36.2 Å². The quantitative estimate of drug-likeness (QED) is 0.591. The fraction of sp³-hybridized carbons (Fsp3) is 0.304. The lowest BCUT2D eigenvalue weighted by Crippen LogP contribution is -2.29. The largest absolute Gasteiger partial charge is 0.471 e. The SMILES string of the molecule is O=C(Nc1ccc(CN2CCCCC2)cc1)c1ccn(COc2cccc(Cl)c2)n1. The van der Waals surface area contributed by atoms with Gasteiger partial charge in [0.25, 0.3) is 5.91 Å². The Labute approximate surface area is 181 Å². The van der Waals surface area contributed by atoms with E-state index in [0.29, 0.717) is 16.5 Å². The fourth-order valence-corrected chi connectivity index (χ4v) is 3.70. The van der Waals surface area contributed by atoms with Gasteiger partial charge in [-0.2, -0.15) is 5.10 Å². The number of carbonyl (C=O) groups excluding carboxylic acids is 1. The Hall–Kier alpha value is -2.83. The van der Waals surface area contributed by atoms with Crippen LogP contribution in [-0.2, 0) is 13.3 Å². The van der Waals surface area contributed by atoms with Gasteiger partial charge in [-0.05, 0) is 67.9 Å². The third-order valence-electron chi connectivity index (χ3n) is 5.10. The first-order chi connectivity index (χ1) is 14.7. The molecule has 0 spiro atoms. The van der Waals surface area contributed by atoms with Crippen LogP contribution in [0, 0.1) is 0 Å². The predicted molar refractivity (Wildman–Crippen MR) is 118 cm³/mol. The standard InChI is InChI=1S/C23H25ClN4O2/c24-19-5-4-6-21(15-19)30-17-28-14-11-22(26-28)23(29)25-20-9-7-18(8-10-20)16-27-12-2-1-3-13-27/h4-11,14-15H,1-3,12-13,16-17H2,(H,25,29). The van der Waals surface area contributed by atoms with Crippen LogP contribution < -0.4 is 10.1 Å². The zero-order chi connectivity index (χ0) is 20.8. The summed E-state index contributed by atoms with van der Waals surface area (Å²) in [6, 6.07) is 16.8. The number of hydrogen-bond acceptors (Lipinski definition) is 4. The van der Waals surface area contributed by atoms with E-state index in [0.717, 1.165) is 12.2 Å². The van der Waals surface area contributed by atoms with Crippen molar-refractivity contribution in [1.82, 2.24) is 14.7 Å². The molecule has 1 N–H and O–H groups in total. The Balaban J connectivity index is 1.29. The van der Waals surface area contributed by atoms with Gasteiger partial charge in [0.05, 0.1) is 0 Å². The zero-order valence-corrected chi connectivity index (χ0v) is 17.5. The van der Waals surface area contributed by atoms with Gasteiger partial charge in [0, 0.05) is 23.5 Å². The molecule has 1 amide bonds. The number of nitrogens with one attached hydrogen (secondary N) is 1. The minimum atomic E-state index is -0.250. The van der Waals surface area contributed by atoms with Crippen LogP contribution in [0.3, 0.4) is 0 Å². The summed E-state index contributed by atoms with van der Waals surface area (Å²) in [5.74, 6) is 0.397. The minimum Gasteiger partial charge on any atom is -0.471 e. The number of benzene rings is 2. The van der Waals surface area contributed by atoms with E-state index in [1.165, 1.54) is 37.9 Å². The van der Waals surface area contributed by atoms with Gasteiger partial charge in [0.2, 0.25) is 0 Å². The van der Waals surface area contributed by atoms with Crippen LogP contribution in [0.25, 0.3) is 0 Å². The highest BCUT2D eigenvalue weighted by Crippen LogP contribution is 2.18. The van der Waals surface area contributed by atoms with Crippen molar-refractivity contribution in [2.45, 2.75) is 32.5 Å². The second kappa shape index (κ2) is 9.78. The molecule has 7 heteroatoms. The molecule has 3 aromatic rings. The molecule has 1 aromatic heterocycles. The molecule has 2 aromatic carbocycles. The molecule has 30 heavy (non-hydrogen) atoms. The number of nitrogens with zero attached hydrogens (tertiary/aromatic N) is 3. The summed E-state index contributed by atoms with van der Waals surface area (Å²) >= 11 is 5.95. The summed E-state index contributed by atoms with van der Waals surface area (Å²) in [6.07, 6.45) is 5.61. The van der Waals surface area contributed by atoms with Gasteiger partial charge >= 0.3 is 0 Å². The Morgan fingerprint density at radius 1 is 1.07 bits per heavy atom. The molecule has 1 aliphatic heterocycles. The lowest BCUT2D eigenvalue weighted by molar-refractivity contribution is 0.102. The number of carbonyl (C=O) groups is 1. The molecule has 4 rings (SSSR count). The number of halogens is 1. The molecule has 0 aliphatic carbocycles. The van der Waals surface area contributed by atoms with Gasteiger partial charge in [0.15, 0.2) is 12.4 Å². The first-order valence-electron chi connectivity index (χ1n) is 10.2. The van der Waals surface area contributed by atoms with Crippen LogP contribution in [-0.4, -0.2) is 33.7 Å². The van der Waals surface area contributed by atoms with Crippen LogP contribution in [0.15, 0.2) is 60.8 Å². The van der Waals surface area contributed by atoms with Crippen molar-refractivity contribution in [2.75, 3.05) is 18.4 Å². The summed E-state index contributed by atoms with van der Waals surface area (Å²) in [7, 11) is 0. The van der Waals surface area contributed by atoms with Gasteiger partial charge < -0.3 is 10.1 Å². The number of ether oxygens (including phenoxy) is 1. The molecule has 1 aliphatic rings. The second-order valence-corrected chi connectivity index (χ2v) is 7.90. The molecule has 0 bridgehead atoms. The van der Waals surface area contributed by atoms with Crippen molar-refractivity contribution in [1.29, 1.82) is 0 Å². The maximum Gasteiger partial charge on any atom is 0.276 e. The summed E-state index contributed by atoms with van der Waals surface area (Å²) in [6.45, 7) is 3.49. The third-order valence-corrected chi connectivity index (χ3v) is 5.33. The van der Waals surface area contributed by atoms with E-state index < -0.39 is 0 Å². The normalized spacial score (nSPS) is 14.4. The first-order valence-corrected chi connectivity index (χ1v) is 10.6. The maximum absolute atomic E-state index is 12.5. The maximum atomic E-state index is 12.5. The molecule has 1 fully saturated rings. The number of hydrogen-bond donors (Lipinski definition) is 1. The molecule has 0 unspecified atom stereocenters. The topological polar surface area (TPSA) is 59.4 Å². The van der Waals surface area contributed by atoms with E-state index in [4.69, 9.17) is 16.3 Å². The minimum absolute atomic E-state index is 0.193. The molecule has 1 saturated heterocycles. The first kappa shape index (κ1) is 20.4. The highest BCUT2D eigenvalue weighted by molar-refractivity contribution is 6.30. The average molecular weight is 425 g/mol. The molecule has 6 nitrogen and oxygen atoms in total. The summed E-state index contributed by atoms with van der Waals surface area (Å²) in [4.78, 5) is 15.0. The molecular weight excluding hydrogens is 400 g/mol. The van der Waals surface area contributed by atoms with Crippen molar-refractivity contribution in [3.8, 4) is 5.75 Å². The van der Waals surface area contributed by atoms with Crippen LogP contribution in [0.4, 0.5) is 5.69 Å². The fourth-order valence-electron chi connectivity index (χ4n) is 3.52. The monoisotopic (exact) mass is 424 g/mol. The van der Waals surface area contributed by atoms with Crippen LogP contribution in [0.5, 0.6) is 5.75 Å². The Morgan fingerprint density at radius 2 is 1.87 bits per heavy atom. The number of rotatable bonds is 7. The lowest BCUT2D eigenvalue weighted by Gasteiger charge is -2.26. The van der Waals surface area contributed by atoms with Crippen LogP contribution in [0.1, 0.15) is 35.3 Å². The van der Waals surface area contributed by atoms with Gasteiger partial charge in [-0.15, -0.1) is 0 Å². The number of amides is 1. The van der Waals surface area contributed by atoms with Gasteiger partial charge in [-0.25, -0.2) is 4.68 Å². The van der Waals surface area contributed by atoms with E-state index in [1.54, 1.807) is 29.1 Å². The van der Waals surface area contributed by atoms with E-state index in [9.17, 15) is 4.79 Å². The Morgan fingerprint density at radius 3 is 2.63 bits per heavy atom. The zero-order valence-electron chi connectivity index (χ0n) is 16.8. The van der Waals surface area contributed by atoms with E-state index in [1.807, 2.05) is 24.3 Å². The smallest absolute Gasteiger partial charge is 0.276 e. The molecule has 0 atom stereocenters.